The third kappa shape index (κ3) is 1.43. The van der Waals surface area contributed by atoms with Gasteiger partial charge in [-0.25, -0.2) is 0 Å². The lowest BCUT2D eigenvalue weighted by molar-refractivity contribution is -0.164. The highest BCUT2D eigenvalue weighted by Crippen LogP contribution is 2.39. The summed E-state index contributed by atoms with van der Waals surface area (Å²) < 4.78 is 5.12. The van der Waals surface area contributed by atoms with Gasteiger partial charge in [-0.05, 0) is 19.8 Å². The number of Topliss-reactive ketones (excluding diaryl/α,β-unsaturated/α-hetero) is 1. The van der Waals surface area contributed by atoms with Crippen LogP contribution in [0.25, 0.3) is 0 Å². The number of ketones is 1. The Kier molecular flexibility index (Phi) is 2.83. The predicted molar refractivity (Wildman–Crippen MR) is 55.6 cm³/mol. The van der Waals surface area contributed by atoms with Crippen molar-refractivity contribution in [2.24, 2.45) is 5.92 Å². The summed E-state index contributed by atoms with van der Waals surface area (Å²) in [4.78, 5) is 14.3. The number of fused-ring (bicyclic) bond motifs is 3. The second kappa shape index (κ2) is 3.85. The fourth-order valence-electron chi connectivity index (χ4n) is 3.17. The number of aliphatic hydroxyl groups is 1. The van der Waals surface area contributed by atoms with Gasteiger partial charge in [0, 0.05) is 25.6 Å². The monoisotopic (exact) mass is 213 g/mol. The second-order valence-electron chi connectivity index (χ2n) is 4.75. The molecule has 4 atom stereocenters. The highest BCUT2D eigenvalue weighted by molar-refractivity contribution is 5.92. The van der Waals surface area contributed by atoms with Gasteiger partial charge in [-0.15, -0.1) is 0 Å². The molecule has 15 heavy (non-hydrogen) atoms. The maximum atomic E-state index is 12.2. The topological polar surface area (TPSA) is 49.8 Å². The maximum absolute atomic E-state index is 12.2. The lowest BCUT2D eigenvalue weighted by Gasteiger charge is -2.55. The van der Waals surface area contributed by atoms with Gasteiger partial charge in [-0.1, -0.05) is 0 Å². The van der Waals surface area contributed by atoms with E-state index in [4.69, 9.17) is 4.74 Å². The lowest BCUT2D eigenvalue weighted by atomic mass is 9.71. The number of piperidine rings is 3. The number of hydrogen-bond donors (Lipinski definition) is 1. The molecule has 0 aromatic rings. The summed E-state index contributed by atoms with van der Waals surface area (Å²) in [6, 6.07) is 0.378. The molecule has 3 aliphatic heterocycles. The number of hydrogen-bond acceptors (Lipinski definition) is 4. The van der Waals surface area contributed by atoms with Crippen molar-refractivity contribution in [3.05, 3.63) is 0 Å². The Morgan fingerprint density at radius 2 is 2.40 bits per heavy atom. The maximum Gasteiger partial charge on any atom is 0.161 e. The van der Waals surface area contributed by atoms with E-state index < -0.39 is 5.54 Å². The largest absolute Gasteiger partial charge is 0.394 e. The predicted octanol–water partition coefficient (Wildman–Crippen LogP) is 0.0471. The molecule has 1 N–H and O–H groups in total. The highest BCUT2D eigenvalue weighted by atomic mass is 16.5. The van der Waals surface area contributed by atoms with Crippen molar-refractivity contribution in [3.8, 4) is 0 Å². The molecule has 3 fully saturated rings. The van der Waals surface area contributed by atoms with E-state index in [1.165, 1.54) is 0 Å². The highest BCUT2D eigenvalue weighted by Gasteiger charge is 2.55. The molecule has 0 saturated carbocycles. The van der Waals surface area contributed by atoms with Crippen LogP contribution in [0.15, 0.2) is 0 Å². The molecule has 86 valence electrons. The van der Waals surface area contributed by atoms with Crippen molar-refractivity contribution >= 4 is 5.78 Å². The van der Waals surface area contributed by atoms with Gasteiger partial charge >= 0.3 is 0 Å². The molecule has 2 bridgehead atoms. The first-order valence-electron chi connectivity index (χ1n) is 5.56. The fourth-order valence-corrected chi connectivity index (χ4v) is 3.17. The van der Waals surface area contributed by atoms with Crippen molar-refractivity contribution < 1.29 is 14.6 Å². The molecule has 3 heterocycles. The van der Waals surface area contributed by atoms with Crippen LogP contribution in [-0.4, -0.2) is 54.2 Å². The fraction of sp³-hybridized carbons (Fsp3) is 0.909. The molecule has 3 saturated heterocycles. The summed E-state index contributed by atoms with van der Waals surface area (Å²) in [6.07, 6.45) is 1.87. The van der Waals surface area contributed by atoms with Crippen molar-refractivity contribution in [1.82, 2.24) is 4.90 Å². The van der Waals surface area contributed by atoms with Gasteiger partial charge in [0.2, 0.25) is 0 Å². The number of rotatable bonds is 3. The number of ether oxygens (including phenoxy) is 1. The Bertz CT molecular complexity index is 269. The van der Waals surface area contributed by atoms with Crippen LogP contribution in [0.2, 0.25) is 0 Å². The van der Waals surface area contributed by atoms with Gasteiger partial charge < -0.3 is 9.84 Å². The third-order valence-corrected chi connectivity index (χ3v) is 3.90. The Labute approximate surface area is 90.2 Å². The summed E-state index contributed by atoms with van der Waals surface area (Å²) in [7, 11) is 1.58. The van der Waals surface area contributed by atoms with E-state index >= 15 is 0 Å². The first kappa shape index (κ1) is 11.0. The summed E-state index contributed by atoms with van der Waals surface area (Å²) in [5.74, 6) is 0.309. The van der Waals surface area contributed by atoms with Crippen LogP contribution in [0.1, 0.15) is 19.8 Å². The smallest absolute Gasteiger partial charge is 0.161 e. The summed E-state index contributed by atoms with van der Waals surface area (Å²) in [6.45, 7) is 3.21. The molecular formula is C11H19NO3. The van der Waals surface area contributed by atoms with Gasteiger partial charge in [-0.2, -0.15) is 0 Å². The zero-order valence-corrected chi connectivity index (χ0v) is 9.40. The Balaban J connectivity index is 2.32. The minimum Gasteiger partial charge on any atom is -0.394 e. The first-order chi connectivity index (χ1) is 7.15. The standard InChI is InChI=1S/C11H19NO3/c1-8-5-9-3-4-12(8)11(6-13,7-15-2)10(9)14/h8-9,13H,3-7H2,1-2H3. The molecule has 4 unspecified atom stereocenters. The Morgan fingerprint density at radius 3 is 2.93 bits per heavy atom. The molecule has 3 aliphatic rings. The minimum atomic E-state index is -0.755. The molecule has 0 spiro atoms. The van der Waals surface area contributed by atoms with Crippen LogP contribution in [0.5, 0.6) is 0 Å². The van der Waals surface area contributed by atoms with Crippen LogP contribution >= 0.6 is 0 Å². The van der Waals surface area contributed by atoms with E-state index in [-0.39, 0.29) is 18.3 Å². The van der Waals surface area contributed by atoms with Crippen LogP contribution < -0.4 is 0 Å². The normalized spacial score (nSPS) is 44.7. The van der Waals surface area contributed by atoms with E-state index in [0.717, 1.165) is 19.4 Å². The number of nitrogens with zero attached hydrogens (tertiary/aromatic N) is 1. The Hall–Kier alpha value is -0.450. The van der Waals surface area contributed by atoms with Crippen LogP contribution in [-0.2, 0) is 9.53 Å². The molecule has 0 aliphatic carbocycles. The molecule has 0 amide bonds. The van der Waals surface area contributed by atoms with Crippen molar-refractivity contribution in [2.45, 2.75) is 31.3 Å². The van der Waals surface area contributed by atoms with Crippen molar-refractivity contribution in [1.29, 1.82) is 0 Å². The van der Waals surface area contributed by atoms with Crippen LogP contribution in [0, 0.1) is 5.92 Å². The molecular weight excluding hydrogens is 194 g/mol. The number of carbonyl (C=O) groups excluding carboxylic acids is 1. The van der Waals surface area contributed by atoms with Crippen molar-refractivity contribution in [2.75, 3.05) is 26.9 Å². The molecule has 0 aromatic heterocycles. The second-order valence-corrected chi connectivity index (χ2v) is 4.75. The zero-order chi connectivity index (χ0) is 11.1. The lowest BCUT2D eigenvalue weighted by Crippen LogP contribution is -2.71. The SMILES string of the molecule is COCC1(CO)C(=O)C2CCN1C(C)C2. The van der Waals surface area contributed by atoms with E-state index in [1.807, 2.05) is 0 Å². The van der Waals surface area contributed by atoms with E-state index in [2.05, 4.69) is 11.8 Å². The van der Waals surface area contributed by atoms with Gasteiger partial charge in [0.25, 0.3) is 0 Å². The van der Waals surface area contributed by atoms with Gasteiger partial charge in [0.05, 0.1) is 13.2 Å². The number of carbonyl (C=O) groups is 1. The minimum absolute atomic E-state index is 0.124. The first-order valence-corrected chi connectivity index (χ1v) is 5.56. The molecule has 0 radical (unpaired) electrons. The Morgan fingerprint density at radius 1 is 1.67 bits per heavy atom. The van der Waals surface area contributed by atoms with Gasteiger partial charge in [0.1, 0.15) is 5.54 Å². The van der Waals surface area contributed by atoms with Crippen LogP contribution in [0.4, 0.5) is 0 Å². The summed E-state index contributed by atoms with van der Waals surface area (Å²) in [5.41, 5.74) is -0.755. The average molecular weight is 213 g/mol. The molecule has 3 rings (SSSR count). The van der Waals surface area contributed by atoms with E-state index in [9.17, 15) is 9.90 Å². The van der Waals surface area contributed by atoms with Crippen molar-refractivity contribution in [3.63, 3.8) is 0 Å². The quantitative estimate of drug-likeness (QED) is 0.719. The molecule has 0 aromatic carbocycles. The average Bonchev–Trinajstić information content (AvgIpc) is 2.24. The van der Waals surface area contributed by atoms with Gasteiger partial charge in [0.15, 0.2) is 5.78 Å². The number of methoxy groups -OCH3 is 1. The third-order valence-electron chi connectivity index (χ3n) is 3.90. The number of aliphatic hydroxyl groups excluding tert-OH is 1. The summed E-state index contributed by atoms with van der Waals surface area (Å²) >= 11 is 0. The molecule has 4 nitrogen and oxygen atoms in total. The molecule has 4 heteroatoms. The zero-order valence-electron chi connectivity index (χ0n) is 9.40. The van der Waals surface area contributed by atoms with E-state index in [1.54, 1.807) is 7.11 Å². The van der Waals surface area contributed by atoms with E-state index in [0.29, 0.717) is 12.6 Å². The van der Waals surface area contributed by atoms with Gasteiger partial charge in [-0.3, -0.25) is 9.69 Å². The van der Waals surface area contributed by atoms with Crippen LogP contribution in [0.3, 0.4) is 0 Å². The summed E-state index contributed by atoms with van der Waals surface area (Å²) in [5, 5.41) is 9.54.